The SMILES string of the molecule is Cn1cc(-c2cccnc2N2CCOCC2)cn1. The minimum atomic E-state index is 0.767. The molecule has 1 aliphatic heterocycles. The first-order valence-corrected chi connectivity index (χ1v) is 6.11. The van der Waals surface area contributed by atoms with Crippen LogP contribution in [0.2, 0.25) is 0 Å². The summed E-state index contributed by atoms with van der Waals surface area (Å²) in [6.45, 7) is 3.32. The Morgan fingerprint density at radius 1 is 1.28 bits per heavy atom. The van der Waals surface area contributed by atoms with Gasteiger partial charge in [-0.15, -0.1) is 0 Å². The highest BCUT2D eigenvalue weighted by Crippen LogP contribution is 2.28. The van der Waals surface area contributed by atoms with Gasteiger partial charge in [0.05, 0.1) is 19.4 Å². The Bertz CT molecular complexity index is 531. The van der Waals surface area contributed by atoms with E-state index in [1.165, 1.54) is 0 Å². The number of hydrogen-bond donors (Lipinski definition) is 0. The van der Waals surface area contributed by atoms with Gasteiger partial charge >= 0.3 is 0 Å². The summed E-state index contributed by atoms with van der Waals surface area (Å²) in [6.07, 6.45) is 5.73. The molecule has 5 nitrogen and oxygen atoms in total. The van der Waals surface area contributed by atoms with Gasteiger partial charge in [-0.25, -0.2) is 4.98 Å². The van der Waals surface area contributed by atoms with Gasteiger partial charge in [0.15, 0.2) is 0 Å². The van der Waals surface area contributed by atoms with Gasteiger partial charge in [0.25, 0.3) is 0 Å². The van der Waals surface area contributed by atoms with Gasteiger partial charge in [-0.05, 0) is 12.1 Å². The molecule has 18 heavy (non-hydrogen) atoms. The molecule has 0 aliphatic carbocycles. The average molecular weight is 244 g/mol. The summed E-state index contributed by atoms with van der Waals surface area (Å²) in [6, 6.07) is 4.06. The fourth-order valence-electron chi connectivity index (χ4n) is 2.21. The fourth-order valence-corrected chi connectivity index (χ4v) is 2.21. The van der Waals surface area contributed by atoms with E-state index in [4.69, 9.17) is 4.74 Å². The van der Waals surface area contributed by atoms with E-state index in [1.807, 2.05) is 36.4 Å². The minimum absolute atomic E-state index is 0.767. The molecule has 0 radical (unpaired) electrons. The van der Waals surface area contributed by atoms with Gasteiger partial charge in [-0.3, -0.25) is 4.68 Å². The second kappa shape index (κ2) is 4.78. The van der Waals surface area contributed by atoms with Crippen molar-refractivity contribution in [2.75, 3.05) is 31.2 Å². The number of pyridine rings is 1. The molecule has 0 atom stereocenters. The first-order valence-electron chi connectivity index (χ1n) is 6.11. The van der Waals surface area contributed by atoms with Crippen molar-refractivity contribution in [1.82, 2.24) is 14.8 Å². The Balaban J connectivity index is 1.99. The van der Waals surface area contributed by atoms with Crippen LogP contribution in [0, 0.1) is 0 Å². The van der Waals surface area contributed by atoms with Crippen LogP contribution in [-0.2, 0) is 11.8 Å². The van der Waals surface area contributed by atoms with Crippen LogP contribution in [0.15, 0.2) is 30.7 Å². The molecule has 0 saturated carbocycles. The molecule has 94 valence electrons. The van der Waals surface area contributed by atoms with Gasteiger partial charge in [0, 0.05) is 43.7 Å². The first kappa shape index (κ1) is 11.2. The van der Waals surface area contributed by atoms with Crippen LogP contribution < -0.4 is 4.90 Å². The predicted molar refractivity (Wildman–Crippen MR) is 69.5 cm³/mol. The average Bonchev–Trinajstić information content (AvgIpc) is 2.86. The van der Waals surface area contributed by atoms with Crippen LogP contribution in [0.3, 0.4) is 0 Å². The van der Waals surface area contributed by atoms with Gasteiger partial charge < -0.3 is 9.64 Å². The third-order valence-electron chi connectivity index (χ3n) is 3.11. The quantitative estimate of drug-likeness (QED) is 0.799. The molecule has 3 rings (SSSR count). The van der Waals surface area contributed by atoms with Gasteiger partial charge in [0.1, 0.15) is 5.82 Å². The zero-order valence-corrected chi connectivity index (χ0v) is 10.4. The third-order valence-corrected chi connectivity index (χ3v) is 3.11. The number of anilines is 1. The number of ether oxygens (including phenoxy) is 1. The molecule has 1 aliphatic rings. The monoisotopic (exact) mass is 244 g/mol. The van der Waals surface area contributed by atoms with Crippen LogP contribution in [0.4, 0.5) is 5.82 Å². The standard InChI is InChI=1S/C13H16N4O/c1-16-10-11(9-15-16)12-3-2-4-14-13(12)17-5-7-18-8-6-17/h2-4,9-10H,5-8H2,1H3. The van der Waals surface area contributed by atoms with Crippen LogP contribution in [0.5, 0.6) is 0 Å². The molecular formula is C13H16N4O. The third kappa shape index (κ3) is 2.09. The van der Waals surface area contributed by atoms with Crippen molar-refractivity contribution in [3.63, 3.8) is 0 Å². The Kier molecular flexibility index (Phi) is 2.98. The lowest BCUT2D eigenvalue weighted by Crippen LogP contribution is -2.37. The van der Waals surface area contributed by atoms with E-state index in [-0.39, 0.29) is 0 Å². The summed E-state index contributed by atoms with van der Waals surface area (Å²) in [5.41, 5.74) is 2.24. The second-order valence-corrected chi connectivity index (χ2v) is 4.38. The van der Waals surface area contributed by atoms with E-state index in [0.717, 1.165) is 43.2 Å². The summed E-state index contributed by atoms with van der Waals surface area (Å²) in [5, 5.41) is 4.22. The van der Waals surface area contributed by atoms with Crippen LogP contribution in [0.1, 0.15) is 0 Å². The van der Waals surface area contributed by atoms with Gasteiger partial charge in [-0.2, -0.15) is 5.10 Å². The molecule has 2 aromatic rings. The molecule has 0 aromatic carbocycles. The first-order chi connectivity index (χ1) is 8.84. The van der Waals surface area contributed by atoms with E-state index in [9.17, 15) is 0 Å². The lowest BCUT2D eigenvalue weighted by Gasteiger charge is -2.29. The molecule has 0 unspecified atom stereocenters. The van der Waals surface area contributed by atoms with Crippen LogP contribution >= 0.6 is 0 Å². The maximum Gasteiger partial charge on any atom is 0.136 e. The van der Waals surface area contributed by atoms with E-state index in [2.05, 4.69) is 21.0 Å². The lowest BCUT2D eigenvalue weighted by atomic mass is 10.1. The molecule has 2 aromatic heterocycles. The second-order valence-electron chi connectivity index (χ2n) is 4.38. The molecule has 0 spiro atoms. The summed E-state index contributed by atoms with van der Waals surface area (Å²) in [4.78, 5) is 6.79. The van der Waals surface area contributed by atoms with Crippen LogP contribution in [0.25, 0.3) is 11.1 Å². The number of aryl methyl sites for hydroxylation is 1. The molecule has 5 heteroatoms. The molecule has 3 heterocycles. The molecule has 1 fully saturated rings. The smallest absolute Gasteiger partial charge is 0.136 e. The highest BCUT2D eigenvalue weighted by Gasteiger charge is 2.17. The number of nitrogens with zero attached hydrogens (tertiary/aromatic N) is 4. The van der Waals surface area contributed by atoms with Crippen molar-refractivity contribution in [2.45, 2.75) is 0 Å². The largest absolute Gasteiger partial charge is 0.378 e. The summed E-state index contributed by atoms with van der Waals surface area (Å²) in [7, 11) is 1.92. The molecule has 0 bridgehead atoms. The Morgan fingerprint density at radius 2 is 2.11 bits per heavy atom. The summed E-state index contributed by atoms with van der Waals surface area (Å²) in [5.74, 6) is 1.02. The van der Waals surface area contributed by atoms with Gasteiger partial charge in [-0.1, -0.05) is 0 Å². The van der Waals surface area contributed by atoms with Crippen molar-refractivity contribution in [2.24, 2.45) is 7.05 Å². The summed E-state index contributed by atoms with van der Waals surface area (Å²) >= 11 is 0. The number of morpholine rings is 1. The zero-order valence-electron chi connectivity index (χ0n) is 10.4. The van der Waals surface area contributed by atoms with Crippen molar-refractivity contribution >= 4 is 5.82 Å². The summed E-state index contributed by atoms with van der Waals surface area (Å²) < 4.78 is 7.20. The van der Waals surface area contributed by atoms with Crippen molar-refractivity contribution in [3.05, 3.63) is 30.7 Å². The highest BCUT2D eigenvalue weighted by molar-refractivity contribution is 5.74. The van der Waals surface area contributed by atoms with Gasteiger partial charge in [0.2, 0.25) is 0 Å². The predicted octanol–water partition coefficient (Wildman–Crippen LogP) is 1.32. The minimum Gasteiger partial charge on any atom is -0.378 e. The molecule has 0 N–H and O–H groups in total. The van der Waals surface area contributed by atoms with E-state index < -0.39 is 0 Å². The van der Waals surface area contributed by atoms with Crippen molar-refractivity contribution in [3.8, 4) is 11.1 Å². The maximum absolute atomic E-state index is 5.38. The number of rotatable bonds is 2. The lowest BCUT2D eigenvalue weighted by molar-refractivity contribution is 0.122. The maximum atomic E-state index is 5.38. The van der Waals surface area contributed by atoms with Crippen molar-refractivity contribution in [1.29, 1.82) is 0 Å². The Hall–Kier alpha value is -1.88. The van der Waals surface area contributed by atoms with E-state index in [0.29, 0.717) is 0 Å². The number of hydrogen-bond acceptors (Lipinski definition) is 4. The Morgan fingerprint density at radius 3 is 2.83 bits per heavy atom. The van der Waals surface area contributed by atoms with Crippen LogP contribution in [-0.4, -0.2) is 41.1 Å². The Labute approximate surface area is 106 Å². The highest BCUT2D eigenvalue weighted by atomic mass is 16.5. The van der Waals surface area contributed by atoms with E-state index in [1.54, 1.807) is 0 Å². The topological polar surface area (TPSA) is 43.2 Å². The normalized spacial score (nSPS) is 15.9. The number of aromatic nitrogens is 3. The zero-order chi connectivity index (χ0) is 12.4. The molecule has 1 saturated heterocycles. The molecular weight excluding hydrogens is 228 g/mol. The fraction of sp³-hybridized carbons (Fsp3) is 0.385. The van der Waals surface area contributed by atoms with E-state index >= 15 is 0 Å². The molecule has 0 amide bonds. The van der Waals surface area contributed by atoms with Crippen molar-refractivity contribution < 1.29 is 4.74 Å².